The van der Waals surface area contributed by atoms with E-state index in [0.29, 0.717) is 10.7 Å². The topological polar surface area (TPSA) is 51.2 Å². The number of ether oxygens (including phenoxy) is 1. The van der Waals surface area contributed by atoms with E-state index in [1.807, 2.05) is 36.4 Å². The summed E-state index contributed by atoms with van der Waals surface area (Å²) in [6.45, 7) is 0. The zero-order valence-corrected chi connectivity index (χ0v) is 13.7. The maximum absolute atomic E-state index is 12.0. The van der Waals surface area contributed by atoms with Crippen molar-refractivity contribution >= 4 is 40.2 Å². The number of rotatable bonds is 4. The van der Waals surface area contributed by atoms with Gasteiger partial charge in [-0.2, -0.15) is 0 Å². The van der Waals surface area contributed by atoms with Gasteiger partial charge in [0.1, 0.15) is 5.75 Å². The van der Waals surface area contributed by atoms with Gasteiger partial charge in [-0.15, -0.1) is 0 Å². The molecule has 0 aliphatic carbocycles. The van der Waals surface area contributed by atoms with Crippen molar-refractivity contribution in [2.75, 3.05) is 12.4 Å². The Morgan fingerprint density at radius 2 is 1.96 bits per heavy atom. The summed E-state index contributed by atoms with van der Waals surface area (Å²) in [7, 11) is 1.61. The monoisotopic (exact) mass is 338 g/mol. The Morgan fingerprint density at radius 3 is 2.71 bits per heavy atom. The van der Waals surface area contributed by atoms with Crippen LogP contribution in [0.25, 0.3) is 17.0 Å². The van der Waals surface area contributed by atoms with Crippen molar-refractivity contribution < 1.29 is 9.53 Å². The maximum Gasteiger partial charge on any atom is 0.248 e. The molecule has 1 amide bonds. The molecule has 0 saturated carbocycles. The molecule has 1 heterocycles. The highest BCUT2D eigenvalue weighted by Gasteiger charge is 2.02. The zero-order valence-electron chi connectivity index (χ0n) is 13.0. The average Bonchev–Trinajstić information content (AvgIpc) is 2.61. The Morgan fingerprint density at radius 1 is 1.17 bits per heavy atom. The predicted octanol–water partition coefficient (Wildman–Crippen LogP) is 4.55. The third-order valence-corrected chi connectivity index (χ3v) is 3.71. The highest BCUT2D eigenvalue weighted by atomic mass is 35.5. The van der Waals surface area contributed by atoms with Gasteiger partial charge in [-0.25, -0.2) is 0 Å². The fourth-order valence-electron chi connectivity index (χ4n) is 2.23. The number of methoxy groups -OCH3 is 1. The summed E-state index contributed by atoms with van der Waals surface area (Å²) in [5, 5.41) is 4.39. The number of benzene rings is 2. The molecule has 2 aromatic carbocycles. The molecule has 0 saturated heterocycles. The summed E-state index contributed by atoms with van der Waals surface area (Å²) in [6.07, 6.45) is 4.82. The third kappa shape index (κ3) is 3.91. The van der Waals surface area contributed by atoms with Crippen molar-refractivity contribution in [3.05, 3.63) is 71.4 Å². The minimum Gasteiger partial charge on any atom is -0.497 e. The van der Waals surface area contributed by atoms with E-state index < -0.39 is 0 Å². The number of anilines is 1. The first-order valence-corrected chi connectivity index (χ1v) is 7.70. The lowest BCUT2D eigenvalue weighted by molar-refractivity contribution is -0.111. The second-order valence-corrected chi connectivity index (χ2v) is 5.59. The Balaban J connectivity index is 1.71. The summed E-state index contributed by atoms with van der Waals surface area (Å²) in [5.41, 5.74) is 2.35. The molecule has 0 unspecified atom stereocenters. The molecule has 3 rings (SSSR count). The smallest absolute Gasteiger partial charge is 0.248 e. The van der Waals surface area contributed by atoms with Gasteiger partial charge in [0.2, 0.25) is 5.91 Å². The number of hydrogen-bond acceptors (Lipinski definition) is 3. The Labute approximate surface area is 144 Å². The molecule has 3 aromatic rings. The van der Waals surface area contributed by atoms with Gasteiger partial charge in [0.15, 0.2) is 0 Å². The van der Waals surface area contributed by atoms with Crippen molar-refractivity contribution in [2.24, 2.45) is 0 Å². The minimum absolute atomic E-state index is 0.223. The molecular weight excluding hydrogens is 324 g/mol. The fourth-order valence-corrected chi connectivity index (χ4v) is 2.35. The molecule has 120 valence electrons. The van der Waals surface area contributed by atoms with E-state index in [9.17, 15) is 4.79 Å². The van der Waals surface area contributed by atoms with Crippen molar-refractivity contribution in [3.8, 4) is 5.75 Å². The summed E-state index contributed by atoms with van der Waals surface area (Å²) in [4.78, 5) is 16.4. The number of carbonyl (C=O) groups is 1. The SMILES string of the molecule is COc1ccc2cc(NC(=O)/C=C/c3ccc(Cl)cc3)cnc2c1. The highest BCUT2D eigenvalue weighted by molar-refractivity contribution is 6.30. The van der Waals surface area contributed by atoms with Crippen LogP contribution in [-0.4, -0.2) is 18.0 Å². The molecule has 0 fully saturated rings. The molecule has 0 aliphatic heterocycles. The normalized spacial score (nSPS) is 10.9. The van der Waals surface area contributed by atoms with Gasteiger partial charge >= 0.3 is 0 Å². The van der Waals surface area contributed by atoms with Crippen LogP contribution in [0.1, 0.15) is 5.56 Å². The number of fused-ring (bicyclic) bond motifs is 1. The predicted molar refractivity (Wildman–Crippen MR) is 97.4 cm³/mol. The first-order chi connectivity index (χ1) is 11.6. The molecule has 5 heteroatoms. The molecular formula is C19H15ClN2O2. The lowest BCUT2D eigenvalue weighted by Crippen LogP contribution is -2.07. The van der Waals surface area contributed by atoms with Gasteiger partial charge in [-0.3, -0.25) is 9.78 Å². The number of nitrogens with one attached hydrogen (secondary N) is 1. The second-order valence-electron chi connectivity index (χ2n) is 5.16. The van der Waals surface area contributed by atoms with E-state index in [1.54, 1.807) is 31.5 Å². The van der Waals surface area contributed by atoms with Crippen LogP contribution in [0.3, 0.4) is 0 Å². The minimum atomic E-state index is -0.223. The van der Waals surface area contributed by atoms with Gasteiger partial charge < -0.3 is 10.1 Å². The standard InChI is InChI=1S/C19H15ClN2O2/c1-24-17-8-5-14-10-16(12-21-18(14)11-17)22-19(23)9-4-13-2-6-15(20)7-3-13/h2-12H,1H3,(H,22,23)/b9-4+. The molecule has 1 aromatic heterocycles. The number of hydrogen-bond donors (Lipinski definition) is 1. The van der Waals surface area contributed by atoms with E-state index in [-0.39, 0.29) is 5.91 Å². The number of nitrogens with zero attached hydrogens (tertiary/aromatic N) is 1. The molecule has 4 nitrogen and oxygen atoms in total. The molecule has 0 atom stereocenters. The number of aromatic nitrogens is 1. The Hall–Kier alpha value is -2.85. The zero-order chi connectivity index (χ0) is 16.9. The summed E-state index contributed by atoms with van der Waals surface area (Å²) >= 11 is 5.83. The Kier molecular flexibility index (Phi) is 4.77. The van der Waals surface area contributed by atoms with Crippen LogP contribution in [-0.2, 0) is 4.79 Å². The number of amides is 1. The van der Waals surface area contributed by atoms with Crippen LogP contribution in [0.5, 0.6) is 5.75 Å². The largest absolute Gasteiger partial charge is 0.497 e. The Bertz CT molecular complexity index is 905. The van der Waals surface area contributed by atoms with Crippen LogP contribution >= 0.6 is 11.6 Å². The molecule has 0 bridgehead atoms. The van der Waals surface area contributed by atoms with E-state index in [0.717, 1.165) is 22.2 Å². The number of carbonyl (C=O) groups excluding carboxylic acids is 1. The van der Waals surface area contributed by atoms with Crippen molar-refractivity contribution in [1.29, 1.82) is 0 Å². The average molecular weight is 339 g/mol. The molecule has 24 heavy (non-hydrogen) atoms. The van der Waals surface area contributed by atoms with E-state index in [1.165, 1.54) is 6.08 Å². The molecule has 0 aliphatic rings. The molecule has 1 N–H and O–H groups in total. The van der Waals surface area contributed by atoms with Crippen molar-refractivity contribution in [1.82, 2.24) is 4.98 Å². The van der Waals surface area contributed by atoms with E-state index >= 15 is 0 Å². The van der Waals surface area contributed by atoms with Crippen LogP contribution in [0.4, 0.5) is 5.69 Å². The van der Waals surface area contributed by atoms with E-state index in [2.05, 4.69) is 10.3 Å². The molecule has 0 spiro atoms. The van der Waals surface area contributed by atoms with Crippen LogP contribution < -0.4 is 10.1 Å². The van der Waals surface area contributed by atoms with Gasteiger partial charge in [-0.1, -0.05) is 23.7 Å². The van der Waals surface area contributed by atoms with Gasteiger partial charge in [0, 0.05) is 22.6 Å². The maximum atomic E-state index is 12.0. The lowest BCUT2D eigenvalue weighted by Gasteiger charge is -2.05. The van der Waals surface area contributed by atoms with Crippen LogP contribution in [0.2, 0.25) is 5.02 Å². The summed E-state index contributed by atoms with van der Waals surface area (Å²) in [6, 6.07) is 14.7. The molecule has 0 radical (unpaired) electrons. The summed E-state index contributed by atoms with van der Waals surface area (Å²) < 4.78 is 5.17. The van der Waals surface area contributed by atoms with Gasteiger partial charge in [-0.05, 0) is 42.0 Å². The third-order valence-electron chi connectivity index (χ3n) is 3.46. The van der Waals surface area contributed by atoms with Gasteiger partial charge in [0.05, 0.1) is 24.5 Å². The van der Waals surface area contributed by atoms with Crippen LogP contribution in [0, 0.1) is 0 Å². The lowest BCUT2D eigenvalue weighted by atomic mass is 10.2. The highest BCUT2D eigenvalue weighted by Crippen LogP contribution is 2.21. The van der Waals surface area contributed by atoms with Gasteiger partial charge in [0.25, 0.3) is 0 Å². The first-order valence-electron chi connectivity index (χ1n) is 7.32. The number of pyridine rings is 1. The van der Waals surface area contributed by atoms with Crippen LogP contribution in [0.15, 0.2) is 60.8 Å². The first kappa shape index (κ1) is 16.0. The summed E-state index contributed by atoms with van der Waals surface area (Å²) in [5.74, 6) is 0.525. The van der Waals surface area contributed by atoms with E-state index in [4.69, 9.17) is 16.3 Å². The van der Waals surface area contributed by atoms with Crippen molar-refractivity contribution in [2.45, 2.75) is 0 Å². The quantitative estimate of drug-likeness (QED) is 0.710. The number of halogens is 1. The fraction of sp³-hybridized carbons (Fsp3) is 0.0526. The van der Waals surface area contributed by atoms with Crippen molar-refractivity contribution in [3.63, 3.8) is 0 Å². The second kappa shape index (κ2) is 7.15.